The predicted molar refractivity (Wildman–Crippen MR) is 65.7 cm³/mol. The minimum atomic E-state index is 0.456. The number of rotatable bonds is 4. The van der Waals surface area contributed by atoms with E-state index in [4.69, 9.17) is 11.6 Å². The van der Waals surface area contributed by atoms with Gasteiger partial charge >= 0.3 is 0 Å². The Balaban J connectivity index is 1.85. The third-order valence-corrected chi connectivity index (χ3v) is 2.40. The highest BCUT2D eigenvalue weighted by atomic mass is 35.5. The fourth-order valence-electron chi connectivity index (χ4n) is 1.41. The Morgan fingerprint density at radius 3 is 2.69 bits per heavy atom. The molecule has 0 saturated carbocycles. The van der Waals surface area contributed by atoms with Gasteiger partial charge in [0.25, 0.3) is 0 Å². The van der Waals surface area contributed by atoms with Crippen molar-refractivity contribution in [1.29, 1.82) is 0 Å². The van der Waals surface area contributed by atoms with Crippen molar-refractivity contribution >= 4 is 17.4 Å². The van der Waals surface area contributed by atoms with E-state index in [1.165, 1.54) is 11.9 Å². The average molecular weight is 234 g/mol. The molecule has 0 saturated heterocycles. The highest BCUT2D eigenvalue weighted by molar-refractivity contribution is 6.29. The lowest BCUT2D eigenvalue weighted by atomic mass is 10.1. The van der Waals surface area contributed by atoms with Crippen LogP contribution in [0.3, 0.4) is 0 Å². The van der Waals surface area contributed by atoms with Gasteiger partial charge in [-0.3, -0.25) is 0 Å². The zero-order valence-electron chi connectivity index (χ0n) is 8.73. The molecule has 1 heterocycles. The fraction of sp³-hybridized carbons (Fsp3) is 0.167. The standard InChI is InChI=1S/C12H12ClN3/c13-11-8-12(16-9-15-11)14-7-6-10-4-2-1-3-5-10/h1-5,8-9H,6-7H2,(H,14,15,16). The predicted octanol–water partition coefficient (Wildman–Crippen LogP) is 2.78. The number of hydrogen-bond donors (Lipinski definition) is 1. The van der Waals surface area contributed by atoms with Gasteiger partial charge in [-0.25, -0.2) is 9.97 Å². The van der Waals surface area contributed by atoms with Crippen molar-refractivity contribution in [3.8, 4) is 0 Å². The molecule has 0 atom stereocenters. The number of halogens is 1. The zero-order chi connectivity index (χ0) is 11.2. The Kier molecular flexibility index (Phi) is 3.72. The van der Waals surface area contributed by atoms with Gasteiger partial charge in [0.15, 0.2) is 0 Å². The molecule has 82 valence electrons. The Hall–Kier alpha value is -1.61. The summed E-state index contributed by atoms with van der Waals surface area (Å²) in [5.74, 6) is 0.760. The smallest absolute Gasteiger partial charge is 0.134 e. The van der Waals surface area contributed by atoms with Crippen molar-refractivity contribution in [2.24, 2.45) is 0 Å². The van der Waals surface area contributed by atoms with Crippen molar-refractivity contribution in [1.82, 2.24) is 9.97 Å². The molecule has 0 spiro atoms. The van der Waals surface area contributed by atoms with Gasteiger partial charge in [-0.15, -0.1) is 0 Å². The molecule has 2 rings (SSSR count). The molecule has 0 bridgehead atoms. The Bertz CT molecular complexity index is 445. The molecule has 3 nitrogen and oxygen atoms in total. The molecule has 0 unspecified atom stereocenters. The molecule has 0 aliphatic rings. The van der Waals surface area contributed by atoms with Crippen LogP contribution in [0, 0.1) is 0 Å². The van der Waals surface area contributed by atoms with Crippen LogP contribution >= 0.6 is 11.6 Å². The number of nitrogens with one attached hydrogen (secondary N) is 1. The van der Waals surface area contributed by atoms with Crippen LogP contribution in [0.25, 0.3) is 0 Å². The molecule has 0 aliphatic carbocycles. The van der Waals surface area contributed by atoms with E-state index in [-0.39, 0.29) is 0 Å². The second kappa shape index (κ2) is 5.47. The molecule has 16 heavy (non-hydrogen) atoms. The number of aromatic nitrogens is 2. The summed E-state index contributed by atoms with van der Waals surface area (Å²) in [6.07, 6.45) is 2.41. The first-order valence-corrected chi connectivity index (χ1v) is 5.48. The van der Waals surface area contributed by atoms with Crippen LogP contribution in [0.5, 0.6) is 0 Å². The molecule has 1 N–H and O–H groups in total. The van der Waals surface area contributed by atoms with Gasteiger partial charge in [-0.05, 0) is 12.0 Å². The first kappa shape index (κ1) is 10.9. The van der Waals surface area contributed by atoms with E-state index in [1.807, 2.05) is 18.2 Å². The quantitative estimate of drug-likeness (QED) is 0.826. The molecule has 2 aromatic rings. The van der Waals surface area contributed by atoms with Gasteiger partial charge in [0.2, 0.25) is 0 Å². The van der Waals surface area contributed by atoms with Crippen molar-refractivity contribution in [2.75, 3.05) is 11.9 Å². The van der Waals surface area contributed by atoms with Crippen LogP contribution in [-0.2, 0) is 6.42 Å². The topological polar surface area (TPSA) is 37.8 Å². The Labute approximate surface area is 99.5 Å². The molecule has 0 fully saturated rings. The summed E-state index contributed by atoms with van der Waals surface area (Å²) in [5, 5.41) is 3.65. The summed E-state index contributed by atoms with van der Waals surface area (Å²) >= 11 is 5.75. The number of hydrogen-bond acceptors (Lipinski definition) is 3. The maximum Gasteiger partial charge on any atom is 0.134 e. The summed E-state index contributed by atoms with van der Waals surface area (Å²) in [4.78, 5) is 7.88. The average Bonchev–Trinajstić information content (AvgIpc) is 2.30. The van der Waals surface area contributed by atoms with Crippen molar-refractivity contribution in [3.05, 3.63) is 53.4 Å². The van der Waals surface area contributed by atoms with Gasteiger partial charge in [-0.1, -0.05) is 41.9 Å². The van der Waals surface area contributed by atoms with E-state index in [2.05, 4.69) is 27.4 Å². The summed E-state index contributed by atoms with van der Waals surface area (Å²) in [6.45, 7) is 0.831. The van der Waals surface area contributed by atoms with Crippen molar-refractivity contribution < 1.29 is 0 Å². The van der Waals surface area contributed by atoms with E-state index in [0.717, 1.165) is 18.8 Å². The SMILES string of the molecule is Clc1cc(NCCc2ccccc2)ncn1. The van der Waals surface area contributed by atoms with Crippen LogP contribution in [0.4, 0.5) is 5.82 Å². The molecular formula is C12H12ClN3. The van der Waals surface area contributed by atoms with Gasteiger partial charge in [-0.2, -0.15) is 0 Å². The fourth-order valence-corrected chi connectivity index (χ4v) is 1.56. The van der Waals surface area contributed by atoms with E-state index >= 15 is 0 Å². The van der Waals surface area contributed by atoms with Crippen LogP contribution in [0.1, 0.15) is 5.56 Å². The normalized spacial score (nSPS) is 10.1. The van der Waals surface area contributed by atoms with Gasteiger partial charge in [0.05, 0.1) is 0 Å². The summed E-state index contributed by atoms with van der Waals surface area (Å²) in [6, 6.07) is 12.0. The molecular weight excluding hydrogens is 222 g/mol. The first-order chi connectivity index (χ1) is 7.84. The number of nitrogens with zero attached hydrogens (tertiary/aromatic N) is 2. The minimum Gasteiger partial charge on any atom is -0.370 e. The summed E-state index contributed by atoms with van der Waals surface area (Å²) in [7, 11) is 0. The lowest BCUT2D eigenvalue weighted by Crippen LogP contribution is -2.06. The van der Waals surface area contributed by atoms with Crippen LogP contribution in [-0.4, -0.2) is 16.5 Å². The molecule has 1 aromatic carbocycles. The maximum atomic E-state index is 5.75. The molecule has 0 aliphatic heterocycles. The summed E-state index contributed by atoms with van der Waals surface area (Å²) in [5.41, 5.74) is 1.30. The van der Waals surface area contributed by atoms with Crippen LogP contribution < -0.4 is 5.32 Å². The van der Waals surface area contributed by atoms with Gasteiger partial charge in [0.1, 0.15) is 17.3 Å². The molecule has 1 aromatic heterocycles. The van der Waals surface area contributed by atoms with E-state index in [9.17, 15) is 0 Å². The second-order valence-corrected chi connectivity index (χ2v) is 3.78. The van der Waals surface area contributed by atoms with Gasteiger partial charge < -0.3 is 5.32 Å². The van der Waals surface area contributed by atoms with Crippen molar-refractivity contribution in [2.45, 2.75) is 6.42 Å². The lowest BCUT2D eigenvalue weighted by Gasteiger charge is -2.05. The van der Waals surface area contributed by atoms with Gasteiger partial charge in [0, 0.05) is 12.6 Å². The largest absolute Gasteiger partial charge is 0.370 e. The Morgan fingerprint density at radius 1 is 1.12 bits per heavy atom. The van der Waals surface area contributed by atoms with Crippen LogP contribution in [0.2, 0.25) is 5.15 Å². The van der Waals surface area contributed by atoms with E-state index in [1.54, 1.807) is 6.07 Å². The molecule has 0 amide bonds. The third-order valence-electron chi connectivity index (χ3n) is 2.20. The maximum absolute atomic E-state index is 5.75. The monoisotopic (exact) mass is 233 g/mol. The number of benzene rings is 1. The third kappa shape index (κ3) is 3.21. The first-order valence-electron chi connectivity index (χ1n) is 5.10. The highest BCUT2D eigenvalue weighted by Gasteiger charge is 1.96. The minimum absolute atomic E-state index is 0.456. The molecule has 4 heteroatoms. The van der Waals surface area contributed by atoms with Crippen molar-refractivity contribution in [3.63, 3.8) is 0 Å². The number of anilines is 1. The van der Waals surface area contributed by atoms with E-state index in [0.29, 0.717) is 5.15 Å². The highest BCUT2D eigenvalue weighted by Crippen LogP contribution is 2.08. The second-order valence-electron chi connectivity index (χ2n) is 3.39. The lowest BCUT2D eigenvalue weighted by molar-refractivity contribution is 0.999. The zero-order valence-corrected chi connectivity index (χ0v) is 9.48. The molecule has 0 radical (unpaired) electrons. The summed E-state index contributed by atoms with van der Waals surface area (Å²) < 4.78 is 0. The van der Waals surface area contributed by atoms with E-state index < -0.39 is 0 Å². The van der Waals surface area contributed by atoms with Crippen LogP contribution in [0.15, 0.2) is 42.7 Å². The Morgan fingerprint density at radius 2 is 1.94 bits per heavy atom.